The van der Waals surface area contributed by atoms with E-state index in [2.05, 4.69) is 62.5 Å². The summed E-state index contributed by atoms with van der Waals surface area (Å²) in [7, 11) is 0. The van der Waals surface area contributed by atoms with Crippen LogP contribution < -0.4 is 0 Å². The fourth-order valence-corrected chi connectivity index (χ4v) is 1.31. The maximum Gasteiger partial charge on any atom is -0.0181 e. The van der Waals surface area contributed by atoms with Crippen LogP contribution in [0.5, 0.6) is 0 Å². The molecule has 19 heavy (non-hydrogen) atoms. The van der Waals surface area contributed by atoms with Crippen LogP contribution in [0.3, 0.4) is 0 Å². The van der Waals surface area contributed by atoms with Gasteiger partial charge in [-0.15, -0.1) is 13.2 Å². The lowest BCUT2D eigenvalue weighted by Crippen LogP contribution is -1.73. The molecular formula is C19H26. The van der Waals surface area contributed by atoms with Gasteiger partial charge in [0.2, 0.25) is 0 Å². The second-order valence-corrected chi connectivity index (χ2v) is 5.26. The lowest BCUT2D eigenvalue weighted by molar-refractivity contribution is 1.42. The summed E-state index contributed by atoms with van der Waals surface area (Å²) in [5.74, 6) is 0. The summed E-state index contributed by atoms with van der Waals surface area (Å²) in [6.07, 6.45) is 0. The van der Waals surface area contributed by atoms with Gasteiger partial charge in [-0.25, -0.2) is 0 Å². The smallest absolute Gasteiger partial charge is 0.0181 e. The Morgan fingerprint density at radius 3 is 1.63 bits per heavy atom. The van der Waals surface area contributed by atoms with Gasteiger partial charge in [-0.3, -0.25) is 0 Å². The predicted molar refractivity (Wildman–Crippen MR) is 89.7 cm³/mol. The number of rotatable bonds is 0. The van der Waals surface area contributed by atoms with Crippen molar-refractivity contribution in [2.45, 2.75) is 34.6 Å². The lowest BCUT2D eigenvalue weighted by atomic mass is 10.1. The van der Waals surface area contributed by atoms with Crippen LogP contribution >= 0.6 is 0 Å². The molecule has 2 aromatic carbocycles. The molecule has 0 spiro atoms. The van der Waals surface area contributed by atoms with Crippen molar-refractivity contribution in [3.8, 4) is 0 Å². The molecule has 0 aromatic heterocycles. The van der Waals surface area contributed by atoms with Crippen LogP contribution in [0.2, 0.25) is 0 Å². The molecule has 102 valence electrons. The summed E-state index contributed by atoms with van der Waals surface area (Å²) in [5.41, 5.74) is 3.66. The van der Waals surface area contributed by atoms with Gasteiger partial charge in [-0.05, 0) is 45.4 Å². The van der Waals surface area contributed by atoms with Gasteiger partial charge in [0.05, 0.1) is 0 Å². The molecule has 2 aromatic rings. The Labute approximate surface area is 118 Å². The van der Waals surface area contributed by atoms with E-state index < -0.39 is 0 Å². The van der Waals surface area contributed by atoms with E-state index in [0.717, 1.165) is 0 Å². The van der Waals surface area contributed by atoms with E-state index in [9.17, 15) is 0 Å². The molecule has 0 unspecified atom stereocenters. The van der Waals surface area contributed by atoms with Gasteiger partial charge < -0.3 is 0 Å². The maximum atomic E-state index is 3.56. The molecule has 0 fully saturated rings. The standard InChI is InChI=1S/C11H10.2C4H8/c1-9-6-7-10-4-2-3-5-11(10)8-9;2*1-4(2)3/h2-8H,1H3;2*1H2,2-3H3. The van der Waals surface area contributed by atoms with E-state index >= 15 is 0 Å². The van der Waals surface area contributed by atoms with Crippen molar-refractivity contribution in [1.82, 2.24) is 0 Å². The molecule has 0 heteroatoms. The molecule has 0 atom stereocenters. The summed E-state index contributed by atoms with van der Waals surface area (Å²) in [6.45, 7) is 17.1. The largest absolute Gasteiger partial charge is 0.100 e. The minimum Gasteiger partial charge on any atom is -0.100 e. The Bertz CT molecular complexity index is 512. The minimum atomic E-state index is 1.17. The first-order chi connectivity index (χ1) is 8.82. The van der Waals surface area contributed by atoms with Crippen LogP contribution in [0.4, 0.5) is 0 Å². The van der Waals surface area contributed by atoms with Gasteiger partial charge in [0.15, 0.2) is 0 Å². The zero-order valence-electron chi connectivity index (χ0n) is 13.0. The zero-order valence-corrected chi connectivity index (χ0v) is 13.0. The molecule has 0 aliphatic heterocycles. The molecule has 0 saturated carbocycles. The Morgan fingerprint density at radius 2 is 1.16 bits per heavy atom. The van der Waals surface area contributed by atoms with E-state index in [-0.39, 0.29) is 0 Å². The molecule has 0 N–H and O–H groups in total. The average molecular weight is 254 g/mol. The average Bonchev–Trinajstić information content (AvgIpc) is 2.27. The number of benzene rings is 2. The third-order valence-electron chi connectivity index (χ3n) is 1.90. The van der Waals surface area contributed by atoms with Gasteiger partial charge in [-0.1, -0.05) is 59.2 Å². The number of hydrogen-bond donors (Lipinski definition) is 0. The normalized spacial score (nSPS) is 8.68. The van der Waals surface area contributed by atoms with Gasteiger partial charge in [0.25, 0.3) is 0 Å². The van der Waals surface area contributed by atoms with Crippen LogP contribution in [0, 0.1) is 6.92 Å². The fourth-order valence-electron chi connectivity index (χ4n) is 1.31. The Morgan fingerprint density at radius 1 is 0.737 bits per heavy atom. The van der Waals surface area contributed by atoms with Crippen molar-refractivity contribution in [2.24, 2.45) is 0 Å². The molecule has 2 rings (SSSR count). The quantitative estimate of drug-likeness (QED) is 0.483. The third kappa shape index (κ3) is 9.84. The first-order valence-electron chi connectivity index (χ1n) is 6.52. The molecule has 0 heterocycles. The molecule has 0 radical (unpaired) electrons. The minimum absolute atomic E-state index is 1.17. The summed E-state index contributed by atoms with van der Waals surface area (Å²) < 4.78 is 0. The SMILES string of the molecule is C=C(C)C.C=C(C)C.Cc1ccc2ccccc2c1. The Kier molecular flexibility index (Phi) is 8.28. The third-order valence-corrected chi connectivity index (χ3v) is 1.90. The van der Waals surface area contributed by atoms with Crippen molar-refractivity contribution in [1.29, 1.82) is 0 Å². The van der Waals surface area contributed by atoms with Gasteiger partial charge >= 0.3 is 0 Å². The van der Waals surface area contributed by atoms with Gasteiger partial charge in [0.1, 0.15) is 0 Å². The van der Waals surface area contributed by atoms with Crippen molar-refractivity contribution >= 4 is 10.8 Å². The zero-order chi connectivity index (χ0) is 14.8. The van der Waals surface area contributed by atoms with E-state index in [1.54, 1.807) is 0 Å². The highest BCUT2D eigenvalue weighted by Gasteiger charge is 1.89. The molecule has 0 nitrogen and oxygen atoms in total. The predicted octanol–water partition coefficient (Wildman–Crippen LogP) is 6.31. The molecule has 0 amide bonds. The van der Waals surface area contributed by atoms with Crippen molar-refractivity contribution in [3.63, 3.8) is 0 Å². The highest BCUT2D eigenvalue weighted by molar-refractivity contribution is 5.82. The van der Waals surface area contributed by atoms with Gasteiger partial charge in [-0.2, -0.15) is 0 Å². The van der Waals surface area contributed by atoms with E-state index in [4.69, 9.17) is 0 Å². The van der Waals surface area contributed by atoms with Crippen molar-refractivity contribution < 1.29 is 0 Å². The van der Waals surface area contributed by atoms with Crippen LogP contribution in [-0.2, 0) is 0 Å². The molecule has 0 aliphatic rings. The highest BCUT2D eigenvalue weighted by atomic mass is 13.9. The fraction of sp³-hybridized carbons (Fsp3) is 0.263. The number of fused-ring (bicyclic) bond motifs is 1. The summed E-state index contributed by atoms with van der Waals surface area (Å²) >= 11 is 0. The lowest BCUT2D eigenvalue weighted by Gasteiger charge is -1.96. The van der Waals surface area contributed by atoms with Crippen LogP contribution in [0.1, 0.15) is 33.3 Å². The summed E-state index contributed by atoms with van der Waals surface area (Å²) in [6, 6.07) is 14.9. The second kappa shape index (κ2) is 9.16. The molecule has 0 bridgehead atoms. The number of aryl methyl sites for hydroxylation is 1. The second-order valence-electron chi connectivity index (χ2n) is 5.26. The first kappa shape index (κ1) is 17.2. The highest BCUT2D eigenvalue weighted by Crippen LogP contribution is 2.14. The van der Waals surface area contributed by atoms with Crippen molar-refractivity contribution in [3.05, 3.63) is 72.3 Å². The van der Waals surface area contributed by atoms with Crippen LogP contribution in [-0.4, -0.2) is 0 Å². The molecular weight excluding hydrogens is 228 g/mol. The van der Waals surface area contributed by atoms with E-state index in [0.29, 0.717) is 0 Å². The summed E-state index contributed by atoms with van der Waals surface area (Å²) in [4.78, 5) is 0. The Balaban J connectivity index is 0.000000342. The summed E-state index contributed by atoms with van der Waals surface area (Å²) in [5, 5.41) is 2.64. The maximum absolute atomic E-state index is 3.56. The molecule has 0 aliphatic carbocycles. The van der Waals surface area contributed by atoms with E-state index in [1.165, 1.54) is 27.5 Å². The number of hydrogen-bond acceptors (Lipinski definition) is 0. The topological polar surface area (TPSA) is 0 Å². The molecule has 0 saturated heterocycles. The first-order valence-corrected chi connectivity index (χ1v) is 6.52. The monoisotopic (exact) mass is 254 g/mol. The van der Waals surface area contributed by atoms with Crippen LogP contribution in [0.25, 0.3) is 10.8 Å². The van der Waals surface area contributed by atoms with Crippen molar-refractivity contribution in [2.75, 3.05) is 0 Å². The van der Waals surface area contributed by atoms with Gasteiger partial charge in [0, 0.05) is 0 Å². The van der Waals surface area contributed by atoms with Crippen LogP contribution in [0.15, 0.2) is 66.8 Å². The van der Waals surface area contributed by atoms with E-state index in [1.807, 2.05) is 27.7 Å². The number of allylic oxidation sites excluding steroid dienone is 2. The Hall–Kier alpha value is -1.82.